The maximum atomic E-state index is 12.2. The van der Waals surface area contributed by atoms with Gasteiger partial charge in [-0.3, -0.25) is 13.7 Å². The Balaban J connectivity index is 0.00000544. The molecule has 33 heavy (non-hydrogen) atoms. The molecule has 2 unspecified atom stereocenters. The van der Waals surface area contributed by atoms with Gasteiger partial charge >= 0.3 is 43.4 Å². The first kappa shape index (κ1) is 31.1. The van der Waals surface area contributed by atoms with Crippen LogP contribution in [0.5, 0.6) is 0 Å². The second-order valence-electron chi connectivity index (χ2n) is 7.11. The van der Waals surface area contributed by atoms with E-state index in [4.69, 9.17) is 28.6 Å². The summed E-state index contributed by atoms with van der Waals surface area (Å²) >= 11 is 0. The molecule has 5 atom stereocenters. The number of hydrogen-bond acceptors (Lipinski definition) is 12. The van der Waals surface area contributed by atoms with E-state index in [-0.39, 0.29) is 63.2 Å². The van der Waals surface area contributed by atoms with Gasteiger partial charge in [0.15, 0.2) is 0 Å². The molecule has 1 fully saturated rings. The van der Waals surface area contributed by atoms with Gasteiger partial charge < -0.3 is 38.4 Å². The summed E-state index contributed by atoms with van der Waals surface area (Å²) in [5.74, 6) is 0.00170. The molecule has 1 aliphatic rings. The van der Waals surface area contributed by atoms with Gasteiger partial charge in [-0.15, -0.1) is 0 Å². The summed E-state index contributed by atoms with van der Waals surface area (Å²) in [6.07, 6.45) is 0.372. The van der Waals surface area contributed by atoms with E-state index in [9.17, 15) is 23.7 Å². The fraction of sp³-hybridized carbons (Fsp3) is 0.765. The van der Waals surface area contributed by atoms with Gasteiger partial charge in [-0.1, -0.05) is 26.7 Å². The molecule has 0 saturated carbocycles. The van der Waals surface area contributed by atoms with Crippen molar-refractivity contribution in [3.8, 4) is 0 Å². The third-order valence-corrected chi connectivity index (χ3v) is 6.49. The van der Waals surface area contributed by atoms with Crippen LogP contribution >= 0.6 is 15.6 Å². The van der Waals surface area contributed by atoms with E-state index in [1.165, 1.54) is 12.3 Å². The first-order chi connectivity index (χ1) is 15.1. The molecule has 0 amide bonds. The number of ether oxygens (including phenoxy) is 1. The van der Waals surface area contributed by atoms with Gasteiger partial charge in [0.1, 0.15) is 18.1 Å². The number of rotatable bonds is 14. The minimum atomic E-state index is -4.72. The fourth-order valence-corrected chi connectivity index (χ4v) is 4.54. The molecule has 1 aromatic heterocycles. The Bertz CT molecular complexity index is 889. The molecule has 1 aliphatic heterocycles. The van der Waals surface area contributed by atoms with E-state index >= 15 is 0 Å². The quantitative estimate of drug-likeness (QED) is 0.199. The van der Waals surface area contributed by atoms with Crippen molar-refractivity contribution < 1.29 is 41.7 Å². The van der Waals surface area contributed by atoms with Crippen LogP contribution in [0.4, 0.5) is 5.82 Å². The third-order valence-electron chi connectivity index (χ3n) is 4.50. The first-order valence-electron chi connectivity index (χ1n) is 10.3. The van der Waals surface area contributed by atoms with Crippen molar-refractivity contribution in [2.24, 2.45) is 0 Å². The van der Waals surface area contributed by atoms with Crippen LogP contribution in [-0.2, 0) is 32.0 Å². The predicted octanol–water partition coefficient (Wildman–Crippen LogP) is 0.704. The Morgan fingerprint density at radius 2 is 1.76 bits per heavy atom. The van der Waals surface area contributed by atoms with Crippen LogP contribution in [0.15, 0.2) is 17.1 Å². The van der Waals surface area contributed by atoms with Crippen LogP contribution in [0.1, 0.15) is 52.2 Å². The number of aromatic nitrogens is 2. The van der Waals surface area contributed by atoms with Crippen LogP contribution in [-0.4, -0.2) is 79.3 Å². The molecule has 0 radical (unpaired) electrons. The van der Waals surface area contributed by atoms with Gasteiger partial charge in [-0.05, 0) is 18.9 Å². The number of hydrogen-bond donors (Lipinski definition) is 1. The molecule has 13 nitrogen and oxygen atoms in total. The smallest absolute Gasteiger partial charge is 0.756 e. The minimum Gasteiger partial charge on any atom is -0.756 e. The molecule has 2 rings (SSSR count). The summed E-state index contributed by atoms with van der Waals surface area (Å²) < 4.78 is 50.4. The zero-order chi connectivity index (χ0) is 23.8. The van der Waals surface area contributed by atoms with E-state index in [0.717, 1.165) is 17.4 Å². The average Bonchev–Trinajstić information content (AvgIpc) is 3.08. The number of nitrogens with zero attached hydrogens (tertiary/aromatic N) is 2. The van der Waals surface area contributed by atoms with E-state index in [1.807, 2.05) is 13.8 Å². The predicted molar refractivity (Wildman–Crippen MR) is 115 cm³/mol. The molecule has 0 aliphatic carbocycles. The average molecular weight is 537 g/mol. The monoisotopic (exact) mass is 537 g/mol. The standard InChI is InChI=1S/C17H31N3O10P2.Ca/c1-3-5-9-26-31(22,23)28-12-14-13(30-32(24,25)27-10-6-4-2)11-16(29-14)20-8-7-15(18)19-17(20)21;/h7-8,13-14,16H,3-6,9-12H2,1-2H3,(H,22,23)(H,24,25)(H2,18,19,21);/q;+2/p-2/t13-,14+,16+;/m0./s1. The van der Waals surface area contributed by atoms with Crippen LogP contribution in [0.3, 0.4) is 0 Å². The number of nitrogen functional groups attached to an aromatic ring is 1. The van der Waals surface area contributed by atoms with Gasteiger partial charge in [0.25, 0.3) is 15.6 Å². The molecule has 2 heterocycles. The molecule has 0 bridgehead atoms. The molecule has 1 saturated heterocycles. The fourth-order valence-electron chi connectivity index (χ4n) is 2.82. The summed E-state index contributed by atoms with van der Waals surface area (Å²) in [4.78, 5) is 39.8. The van der Waals surface area contributed by atoms with Crippen molar-refractivity contribution in [1.82, 2.24) is 9.55 Å². The zero-order valence-corrected chi connectivity index (χ0v) is 22.7. The Hall–Kier alpha value is 0.120. The van der Waals surface area contributed by atoms with Gasteiger partial charge in [0, 0.05) is 12.6 Å². The summed E-state index contributed by atoms with van der Waals surface area (Å²) in [5, 5.41) is 0. The number of nitrogens with two attached hydrogens (primary N) is 1. The molecule has 0 spiro atoms. The van der Waals surface area contributed by atoms with Crippen molar-refractivity contribution in [1.29, 1.82) is 0 Å². The summed E-state index contributed by atoms with van der Waals surface area (Å²) in [7, 11) is -9.36. The maximum Gasteiger partial charge on any atom is 2.00 e. The number of unbranched alkanes of at least 4 members (excludes halogenated alkanes) is 2. The van der Waals surface area contributed by atoms with E-state index in [1.54, 1.807) is 0 Å². The molecule has 2 N–H and O–H groups in total. The Labute approximate surface area is 222 Å². The van der Waals surface area contributed by atoms with Gasteiger partial charge in [-0.2, -0.15) is 4.98 Å². The van der Waals surface area contributed by atoms with Gasteiger partial charge in [0.05, 0.1) is 25.9 Å². The van der Waals surface area contributed by atoms with E-state index in [0.29, 0.717) is 12.8 Å². The van der Waals surface area contributed by atoms with Crippen molar-refractivity contribution in [2.45, 2.75) is 64.4 Å². The minimum absolute atomic E-state index is 0. The van der Waals surface area contributed by atoms with Crippen molar-refractivity contribution in [3.05, 3.63) is 22.7 Å². The Morgan fingerprint density at radius 3 is 2.33 bits per heavy atom. The number of phosphoric ester groups is 2. The second-order valence-corrected chi connectivity index (χ2v) is 9.89. The Kier molecular flexibility index (Phi) is 13.8. The van der Waals surface area contributed by atoms with Crippen LogP contribution in [0, 0.1) is 0 Å². The van der Waals surface area contributed by atoms with E-state index in [2.05, 4.69) is 4.98 Å². The topological polar surface area (TPSA) is 187 Å². The van der Waals surface area contributed by atoms with Crippen molar-refractivity contribution >= 4 is 59.2 Å². The first-order valence-corrected chi connectivity index (χ1v) is 13.2. The molecule has 1 aromatic rings. The largest absolute Gasteiger partial charge is 2.00 e. The molecule has 0 aromatic carbocycles. The maximum absolute atomic E-state index is 12.2. The molecule has 16 heteroatoms. The van der Waals surface area contributed by atoms with Crippen LogP contribution in [0.2, 0.25) is 0 Å². The van der Waals surface area contributed by atoms with Gasteiger partial charge in [0.2, 0.25) is 0 Å². The van der Waals surface area contributed by atoms with Crippen LogP contribution < -0.4 is 21.2 Å². The summed E-state index contributed by atoms with van der Waals surface area (Å²) in [6.45, 7) is 3.05. The number of anilines is 1. The SMILES string of the molecule is CCCCOP(=O)([O-])OC[C@H]1O[C@@H](n2ccc(N)nc2=O)C[C@@H]1OP(=O)([O-])OCCCC.[Ca+2]. The Morgan fingerprint density at radius 1 is 1.15 bits per heavy atom. The zero-order valence-electron chi connectivity index (χ0n) is 18.7. The van der Waals surface area contributed by atoms with Crippen molar-refractivity contribution in [2.75, 3.05) is 25.6 Å². The summed E-state index contributed by atoms with van der Waals surface area (Å²) in [6, 6.07) is 1.37. The normalized spacial score (nSPS) is 24.1. The van der Waals surface area contributed by atoms with Gasteiger partial charge in [-0.25, -0.2) is 4.79 Å². The third kappa shape index (κ3) is 10.7. The second kappa shape index (κ2) is 14.6. The number of phosphoric acid groups is 2. The summed E-state index contributed by atoms with van der Waals surface area (Å²) in [5.41, 5.74) is 4.76. The van der Waals surface area contributed by atoms with Crippen LogP contribution in [0.25, 0.3) is 0 Å². The molecule has 184 valence electrons. The molecular formula is C17H29CaN3O10P2. The molecular weight excluding hydrogens is 508 g/mol. The van der Waals surface area contributed by atoms with Crippen molar-refractivity contribution in [3.63, 3.8) is 0 Å². The van der Waals surface area contributed by atoms with E-state index < -0.39 is 46.4 Å².